The molecule has 0 fully saturated rings. The lowest BCUT2D eigenvalue weighted by molar-refractivity contribution is -0.137. The number of alkyl halides is 3. The monoisotopic (exact) mass is 284 g/mol. The van der Waals surface area contributed by atoms with Crippen LogP contribution in [-0.2, 0) is 19.6 Å². The van der Waals surface area contributed by atoms with Crippen LogP contribution in [0.5, 0.6) is 0 Å². The lowest BCUT2D eigenvalue weighted by Gasteiger charge is -2.17. The first-order valence-corrected chi connectivity index (χ1v) is 6.00. The van der Waals surface area contributed by atoms with Gasteiger partial charge in [0, 0.05) is 13.2 Å². The Kier molecular flexibility index (Phi) is 4.10. The highest BCUT2D eigenvalue weighted by atomic mass is 19.4. The van der Waals surface area contributed by atoms with Gasteiger partial charge in [-0.25, -0.2) is 4.98 Å². The van der Waals surface area contributed by atoms with Crippen molar-refractivity contribution in [3.05, 3.63) is 53.6 Å². The van der Waals surface area contributed by atoms with Gasteiger partial charge >= 0.3 is 6.18 Å². The minimum atomic E-state index is -4.34. The van der Waals surface area contributed by atoms with Gasteiger partial charge in [0.1, 0.15) is 0 Å². The van der Waals surface area contributed by atoms with Gasteiger partial charge in [0.25, 0.3) is 0 Å². The fourth-order valence-electron chi connectivity index (χ4n) is 2.06. The zero-order chi connectivity index (χ0) is 14.8. The maximum Gasteiger partial charge on any atom is 0.416 e. The SMILES string of the molecule is Cn1cncc1C(Cc1cccc(C(F)(F)F)c1)NN. The van der Waals surface area contributed by atoms with Crippen LogP contribution in [0, 0.1) is 0 Å². The molecule has 0 aliphatic rings. The number of nitrogens with zero attached hydrogens (tertiary/aromatic N) is 2. The van der Waals surface area contributed by atoms with Crippen molar-refractivity contribution < 1.29 is 13.2 Å². The lowest BCUT2D eigenvalue weighted by atomic mass is 10.0. The van der Waals surface area contributed by atoms with Crippen LogP contribution in [-0.4, -0.2) is 9.55 Å². The first kappa shape index (κ1) is 14.5. The molecule has 1 heterocycles. The van der Waals surface area contributed by atoms with E-state index in [4.69, 9.17) is 5.84 Å². The number of aryl methyl sites for hydroxylation is 1. The Morgan fingerprint density at radius 1 is 1.40 bits per heavy atom. The van der Waals surface area contributed by atoms with Crippen molar-refractivity contribution in [1.29, 1.82) is 0 Å². The number of nitrogens with two attached hydrogens (primary N) is 1. The fourth-order valence-corrected chi connectivity index (χ4v) is 2.06. The molecule has 20 heavy (non-hydrogen) atoms. The Labute approximate surface area is 114 Å². The third-order valence-electron chi connectivity index (χ3n) is 3.11. The quantitative estimate of drug-likeness (QED) is 0.668. The summed E-state index contributed by atoms with van der Waals surface area (Å²) in [6, 6.07) is 4.94. The van der Waals surface area contributed by atoms with Crippen LogP contribution < -0.4 is 11.3 Å². The van der Waals surface area contributed by atoms with Gasteiger partial charge in [0.2, 0.25) is 0 Å². The minimum absolute atomic E-state index is 0.300. The van der Waals surface area contributed by atoms with E-state index in [0.29, 0.717) is 12.0 Å². The summed E-state index contributed by atoms with van der Waals surface area (Å²) in [5, 5.41) is 0. The summed E-state index contributed by atoms with van der Waals surface area (Å²) in [5.41, 5.74) is 3.32. The highest BCUT2D eigenvalue weighted by Crippen LogP contribution is 2.30. The number of rotatable bonds is 4. The number of halogens is 3. The largest absolute Gasteiger partial charge is 0.416 e. The average Bonchev–Trinajstić information content (AvgIpc) is 2.81. The van der Waals surface area contributed by atoms with Crippen molar-refractivity contribution in [2.45, 2.75) is 18.6 Å². The summed E-state index contributed by atoms with van der Waals surface area (Å²) < 4.78 is 39.8. The van der Waals surface area contributed by atoms with E-state index in [0.717, 1.165) is 17.8 Å². The van der Waals surface area contributed by atoms with Crippen LogP contribution in [0.3, 0.4) is 0 Å². The van der Waals surface area contributed by atoms with E-state index in [9.17, 15) is 13.2 Å². The highest BCUT2D eigenvalue weighted by molar-refractivity contribution is 5.27. The number of benzene rings is 1. The number of aromatic nitrogens is 2. The van der Waals surface area contributed by atoms with Gasteiger partial charge < -0.3 is 4.57 Å². The summed E-state index contributed by atoms with van der Waals surface area (Å²) in [6.45, 7) is 0. The van der Waals surface area contributed by atoms with E-state index in [-0.39, 0.29) is 6.04 Å². The molecule has 2 aromatic rings. The molecule has 0 radical (unpaired) electrons. The summed E-state index contributed by atoms with van der Waals surface area (Å²) >= 11 is 0. The van der Waals surface area contributed by atoms with Crippen LogP contribution in [0.2, 0.25) is 0 Å². The zero-order valence-electron chi connectivity index (χ0n) is 10.9. The number of hydrazine groups is 1. The number of hydrogen-bond donors (Lipinski definition) is 2. The molecule has 0 saturated carbocycles. The van der Waals surface area contributed by atoms with Gasteiger partial charge in [0.05, 0.1) is 23.6 Å². The molecule has 1 atom stereocenters. The van der Waals surface area contributed by atoms with Crippen molar-refractivity contribution in [3.63, 3.8) is 0 Å². The van der Waals surface area contributed by atoms with Crippen LogP contribution in [0.4, 0.5) is 13.2 Å². The second kappa shape index (κ2) is 5.64. The molecular weight excluding hydrogens is 269 g/mol. The summed E-state index contributed by atoms with van der Waals surface area (Å²) in [5.74, 6) is 5.49. The summed E-state index contributed by atoms with van der Waals surface area (Å²) in [7, 11) is 1.80. The van der Waals surface area contributed by atoms with E-state index in [1.165, 1.54) is 6.07 Å². The molecule has 108 valence electrons. The molecule has 3 N–H and O–H groups in total. The zero-order valence-corrected chi connectivity index (χ0v) is 10.9. The Morgan fingerprint density at radius 3 is 2.70 bits per heavy atom. The predicted molar refractivity (Wildman–Crippen MR) is 68.4 cm³/mol. The molecule has 7 heteroatoms. The average molecular weight is 284 g/mol. The smallest absolute Gasteiger partial charge is 0.336 e. The Hall–Kier alpha value is -1.86. The maximum atomic E-state index is 12.7. The third kappa shape index (κ3) is 3.17. The lowest BCUT2D eigenvalue weighted by Crippen LogP contribution is -2.31. The number of hydrogen-bond acceptors (Lipinski definition) is 3. The van der Waals surface area contributed by atoms with E-state index in [1.807, 2.05) is 0 Å². The topological polar surface area (TPSA) is 55.9 Å². The van der Waals surface area contributed by atoms with Crippen LogP contribution in [0.15, 0.2) is 36.8 Å². The Bertz CT molecular complexity index is 577. The van der Waals surface area contributed by atoms with Crippen molar-refractivity contribution in [2.24, 2.45) is 12.9 Å². The highest BCUT2D eigenvalue weighted by Gasteiger charge is 2.30. The van der Waals surface area contributed by atoms with Crippen LogP contribution >= 0.6 is 0 Å². The van der Waals surface area contributed by atoms with Crippen molar-refractivity contribution >= 4 is 0 Å². The molecule has 0 bridgehead atoms. The first-order chi connectivity index (χ1) is 9.41. The Morgan fingerprint density at radius 2 is 2.15 bits per heavy atom. The van der Waals surface area contributed by atoms with Crippen molar-refractivity contribution in [1.82, 2.24) is 15.0 Å². The molecule has 2 rings (SSSR count). The summed E-state index contributed by atoms with van der Waals surface area (Å²) in [4.78, 5) is 3.98. The normalized spacial score (nSPS) is 13.4. The van der Waals surface area contributed by atoms with Gasteiger partial charge in [-0.05, 0) is 18.1 Å². The predicted octanol–water partition coefficient (Wildman–Crippen LogP) is 2.19. The first-order valence-electron chi connectivity index (χ1n) is 6.00. The molecule has 0 aliphatic heterocycles. The fraction of sp³-hybridized carbons (Fsp3) is 0.308. The van der Waals surface area contributed by atoms with Gasteiger partial charge in [-0.2, -0.15) is 13.2 Å². The molecule has 0 saturated heterocycles. The van der Waals surface area contributed by atoms with E-state index in [2.05, 4.69) is 10.4 Å². The molecule has 0 amide bonds. The Balaban J connectivity index is 2.23. The standard InChI is InChI=1S/C13H15F3N4/c1-20-8-18-7-12(20)11(19-17)6-9-3-2-4-10(5-9)13(14,15)16/h2-5,7-8,11,19H,6,17H2,1H3. The molecular formula is C13H15F3N4. The van der Waals surface area contributed by atoms with Gasteiger partial charge in [0.15, 0.2) is 0 Å². The van der Waals surface area contributed by atoms with Crippen molar-refractivity contribution in [3.8, 4) is 0 Å². The van der Waals surface area contributed by atoms with Crippen LogP contribution in [0.25, 0.3) is 0 Å². The van der Waals surface area contributed by atoms with Crippen molar-refractivity contribution in [2.75, 3.05) is 0 Å². The molecule has 1 aromatic carbocycles. The third-order valence-corrected chi connectivity index (χ3v) is 3.11. The molecule has 1 unspecified atom stereocenters. The van der Waals surface area contributed by atoms with E-state index in [1.54, 1.807) is 30.2 Å². The second-order valence-electron chi connectivity index (χ2n) is 4.55. The minimum Gasteiger partial charge on any atom is -0.336 e. The molecule has 0 aliphatic carbocycles. The summed E-state index contributed by atoms with van der Waals surface area (Å²) in [6.07, 6.45) is -0.738. The maximum absolute atomic E-state index is 12.7. The van der Waals surface area contributed by atoms with E-state index >= 15 is 0 Å². The number of imidazole rings is 1. The van der Waals surface area contributed by atoms with E-state index < -0.39 is 11.7 Å². The second-order valence-corrected chi connectivity index (χ2v) is 4.55. The number of nitrogens with one attached hydrogen (secondary N) is 1. The van der Waals surface area contributed by atoms with Gasteiger partial charge in [-0.3, -0.25) is 11.3 Å². The van der Waals surface area contributed by atoms with Crippen LogP contribution in [0.1, 0.15) is 22.9 Å². The molecule has 0 spiro atoms. The molecule has 1 aromatic heterocycles. The van der Waals surface area contributed by atoms with Gasteiger partial charge in [-0.15, -0.1) is 0 Å². The van der Waals surface area contributed by atoms with Gasteiger partial charge in [-0.1, -0.05) is 18.2 Å². The molecule has 4 nitrogen and oxygen atoms in total.